The molecule has 1 N–H and O–H groups in total. The molecule has 0 atom stereocenters. The molecule has 0 radical (unpaired) electrons. The van der Waals surface area contributed by atoms with E-state index in [0.717, 1.165) is 17.5 Å². The highest BCUT2D eigenvalue weighted by molar-refractivity contribution is 7.98. The molecule has 2 heterocycles. The summed E-state index contributed by atoms with van der Waals surface area (Å²) < 4.78 is 6.81. The van der Waals surface area contributed by atoms with Gasteiger partial charge in [0.05, 0.1) is 22.3 Å². The Kier molecular flexibility index (Phi) is 5.17. The van der Waals surface area contributed by atoms with Gasteiger partial charge in [0.15, 0.2) is 10.9 Å². The summed E-state index contributed by atoms with van der Waals surface area (Å²) in [4.78, 5) is 29.6. The Hall–Kier alpha value is -3.03. The maximum Gasteiger partial charge on any atom is 0.266 e. The summed E-state index contributed by atoms with van der Waals surface area (Å²) in [5, 5.41) is 10.7. The van der Waals surface area contributed by atoms with E-state index in [2.05, 4.69) is 4.98 Å². The molecule has 0 saturated heterocycles. The number of nitrogens with zero attached hydrogens (tertiary/aromatic N) is 2. The Labute approximate surface area is 174 Å². The van der Waals surface area contributed by atoms with Crippen LogP contribution in [-0.4, -0.2) is 14.7 Å². The summed E-state index contributed by atoms with van der Waals surface area (Å²) in [5.41, 5.74) is 1.39. The van der Waals surface area contributed by atoms with Crippen LogP contribution in [0.4, 0.5) is 0 Å². The van der Waals surface area contributed by atoms with Crippen LogP contribution in [0.15, 0.2) is 74.0 Å². The van der Waals surface area contributed by atoms with E-state index in [1.54, 1.807) is 22.8 Å². The number of halogens is 1. The SMILES string of the molecule is Cc1ccccc1-n1c(SCc2cc(=O)c(O)co2)nc2cc(Cl)ccc2c1=O. The number of aromatic nitrogens is 2. The highest BCUT2D eigenvalue weighted by Crippen LogP contribution is 2.26. The van der Waals surface area contributed by atoms with Crippen molar-refractivity contribution in [1.29, 1.82) is 0 Å². The third-order valence-electron chi connectivity index (χ3n) is 4.37. The van der Waals surface area contributed by atoms with E-state index in [1.165, 1.54) is 17.8 Å². The predicted octanol–water partition coefficient (Wildman–Crippen LogP) is 4.30. The highest BCUT2D eigenvalue weighted by atomic mass is 35.5. The van der Waals surface area contributed by atoms with Crippen LogP contribution in [0.5, 0.6) is 5.75 Å². The second kappa shape index (κ2) is 7.77. The fourth-order valence-electron chi connectivity index (χ4n) is 2.92. The number of aryl methyl sites for hydroxylation is 1. The van der Waals surface area contributed by atoms with Gasteiger partial charge in [0.25, 0.3) is 5.56 Å². The van der Waals surface area contributed by atoms with Crippen LogP contribution in [0, 0.1) is 6.92 Å². The monoisotopic (exact) mass is 426 g/mol. The van der Waals surface area contributed by atoms with Gasteiger partial charge >= 0.3 is 0 Å². The molecular formula is C21H15ClN2O4S. The van der Waals surface area contributed by atoms with Gasteiger partial charge in [0, 0.05) is 11.1 Å². The maximum atomic E-state index is 13.3. The highest BCUT2D eigenvalue weighted by Gasteiger charge is 2.16. The van der Waals surface area contributed by atoms with Crippen LogP contribution < -0.4 is 11.0 Å². The third kappa shape index (κ3) is 3.79. The molecule has 0 bridgehead atoms. The Balaban J connectivity index is 1.87. The van der Waals surface area contributed by atoms with Gasteiger partial charge in [-0.2, -0.15) is 0 Å². The lowest BCUT2D eigenvalue weighted by Crippen LogP contribution is -2.22. The van der Waals surface area contributed by atoms with Crippen LogP contribution in [0.2, 0.25) is 5.02 Å². The van der Waals surface area contributed by atoms with Crippen LogP contribution in [0.25, 0.3) is 16.6 Å². The largest absolute Gasteiger partial charge is 0.502 e. The Morgan fingerprint density at radius 2 is 1.97 bits per heavy atom. The molecule has 29 heavy (non-hydrogen) atoms. The van der Waals surface area contributed by atoms with Crippen molar-refractivity contribution in [3.8, 4) is 11.4 Å². The zero-order valence-corrected chi connectivity index (χ0v) is 16.8. The van der Waals surface area contributed by atoms with E-state index < -0.39 is 11.2 Å². The maximum absolute atomic E-state index is 13.3. The number of aromatic hydroxyl groups is 1. The van der Waals surface area contributed by atoms with E-state index in [4.69, 9.17) is 16.0 Å². The van der Waals surface area contributed by atoms with Crippen molar-refractivity contribution in [2.45, 2.75) is 17.8 Å². The average Bonchev–Trinajstić information content (AvgIpc) is 2.69. The Morgan fingerprint density at radius 3 is 2.72 bits per heavy atom. The smallest absolute Gasteiger partial charge is 0.266 e. The second-order valence-electron chi connectivity index (χ2n) is 6.37. The number of thioether (sulfide) groups is 1. The third-order valence-corrected chi connectivity index (χ3v) is 5.56. The zero-order valence-electron chi connectivity index (χ0n) is 15.3. The first-order chi connectivity index (χ1) is 13.9. The molecule has 0 amide bonds. The lowest BCUT2D eigenvalue weighted by Gasteiger charge is -2.15. The summed E-state index contributed by atoms with van der Waals surface area (Å²) in [6, 6.07) is 13.7. The van der Waals surface area contributed by atoms with Crippen molar-refractivity contribution in [3.63, 3.8) is 0 Å². The second-order valence-corrected chi connectivity index (χ2v) is 7.75. The standard InChI is InChI=1S/C21H15ClN2O4S/c1-12-4-2-3-5-17(12)24-20(27)15-7-6-13(22)8-16(15)23-21(24)29-11-14-9-18(25)19(26)10-28-14/h2-10,26H,11H2,1H3. The summed E-state index contributed by atoms with van der Waals surface area (Å²) in [6.45, 7) is 1.92. The Morgan fingerprint density at radius 1 is 1.17 bits per heavy atom. The number of benzene rings is 2. The first kappa shape index (κ1) is 19.3. The lowest BCUT2D eigenvalue weighted by molar-refractivity contribution is 0.419. The molecule has 6 nitrogen and oxygen atoms in total. The van der Waals surface area contributed by atoms with Crippen molar-refractivity contribution in [2.24, 2.45) is 0 Å². The number of para-hydroxylation sites is 1. The molecule has 8 heteroatoms. The fraction of sp³-hybridized carbons (Fsp3) is 0.0952. The van der Waals surface area contributed by atoms with Gasteiger partial charge < -0.3 is 9.52 Å². The van der Waals surface area contributed by atoms with Crippen LogP contribution in [-0.2, 0) is 5.75 Å². The topological polar surface area (TPSA) is 85.3 Å². The van der Waals surface area contributed by atoms with Gasteiger partial charge in [-0.15, -0.1) is 0 Å². The average molecular weight is 427 g/mol. The quantitative estimate of drug-likeness (QED) is 0.387. The van der Waals surface area contributed by atoms with Crippen LogP contribution in [0.1, 0.15) is 11.3 Å². The van der Waals surface area contributed by atoms with Gasteiger partial charge in [0.1, 0.15) is 12.0 Å². The molecule has 0 saturated carbocycles. The predicted molar refractivity (Wildman–Crippen MR) is 113 cm³/mol. The van der Waals surface area contributed by atoms with Gasteiger partial charge in [-0.1, -0.05) is 41.6 Å². The normalized spacial score (nSPS) is 11.1. The number of rotatable bonds is 4. The van der Waals surface area contributed by atoms with Crippen molar-refractivity contribution in [1.82, 2.24) is 9.55 Å². The molecule has 0 aliphatic rings. The van der Waals surface area contributed by atoms with E-state index in [1.807, 2.05) is 31.2 Å². The Bertz CT molecular complexity index is 1350. The number of hydrogen-bond acceptors (Lipinski definition) is 6. The first-order valence-electron chi connectivity index (χ1n) is 8.66. The minimum Gasteiger partial charge on any atom is -0.502 e. The van der Waals surface area contributed by atoms with Crippen molar-refractivity contribution in [3.05, 3.63) is 91.7 Å². The first-order valence-corrected chi connectivity index (χ1v) is 10.0. The fourth-order valence-corrected chi connectivity index (χ4v) is 3.98. The van der Waals surface area contributed by atoms with E-state index in [-0.39, 0.29) is 11.3 Å². The van der Waals surface area contributed by atoms with Crippen molar-refractivity contribution < 1.29 is 9.52 Å². The van der Waals surface area contributed by atoms with Crippen molar-refractivity contribution in [2.75, 3.05) is 0 Å². The molecule has 2 aromatic heterocycles. The minimum atomic E-state index is -0.526. The molecule has 4 aromatic rings. The summed E-state index contributed by atoms with van der Waals surface area (Å²) in [6.07, 6.45) is 1.00. The van der Waals surface area contributed by atoms with E-state index >= 15 is 0 Å². The van der Waals surface area contributed by atoms with Crippen LogP contribution in [0.3, 0.4) is 0 Å². The zero-order chi connectivity index (χ0) is 20.5. The number of hydrogen-bond donors (Lipinski definition) is 1. The lowest BCUT2D eigenvalue weighted by atomic mass is 10.2. The summed E-state index contributed by atoms with van der Waals surface area (Å²) >= 11 is 7.33. The van der Waals surface area contributed by atoms with Crippen molar-refractivity contribution >= 4 is 34.3 Å². The van der Waals surface area contributed by atoms with E-state index in [0.29, 0.717) is 26.8 Å². The minimum absolute atomic E-state index is 0.212. The molecule has 0 unspecified atom stereocenters. The van der Waals surface area contributed by atoms with Gasteiger partial charge in [-0.3, -0.25) is 14.2 Å². The van der Waals surface area contributed by atoms with Gasteiger partial charge in [-0.05, 0) is 36.8 Å². The molecule has 0 aliphatic carbocycles. The molecule has 0 aliphatic heterocycles. The van der Waals surface area contributed by atoms with Gasteiger partial charge in [-0.25, -0.2) is 4.98 Å². The molecule has 146 valence electrons. The summed E-state index contributed by atoms with van der Waals surface area (Å²) in [7, 11) is 0. The molecular weight excluding hydrogens is 412 g/mol. The molecule has 0 fully saturated rings. The van der Waals surface area contributed by atoms with Gasteiger partial charge in [0.2, 0.25) is 5.43 Å². The number of fused-ring (bicyclic) bond motifs is 1. The van der Waals surface area contributed by atoms with E-state index in [9.17, 15) is 14.7 Å². The molecule has 0 spiro atoms. The molecule has 4 rings (SSSR count). The molecule has 2 aromatic carbocycles. The summed E-state index contributed by atoms with van der Waals surface area (Å²) in [5.74, 6) is 0.156. The van der Waals surface area contributed by atoms with Crippen LogP contribution >= 0.6 is 23.4 Å².